The summed E-state index contributed by atoms with van der Waals surface area (Å²) in [6, 6.07) is 12.1. The maximum Gasteiger partial charge on any atom is 0.340 e. The summed E-state index contributed by atoms with van der Waals surface area (Å²) >= 11 is 9.24. The number of carbonyl (C=O) groups excluding carboxylic acids is 2. The number of benzene rings is 2. The van der Waals surface area contributed by atoms with Crippen LogP contribution in [-0.2, 0) is 9.53 Å². The van der Waals surface area contributed by atoms with Crippen molar-refractivity contribution in [3.05, 3.63) is 69.2 Å². The van der Waals surface area contributed by atoms with Gasteiger partial charge in [0, 0.05) is 15.6 Å². The minimum atomic E-state index is -0.571. The molecule has 6 heteroatoms. The van der Waals surface area contributed by atoms with E-state index in [9.17, 15) is 9.59 Å². The Morgan fingerprint density at radius 1 is 1.22 bits per heavy atom. The van der Waals surface area contributed by atoms with Gasteiger partial charge in [0.2, 0.25) is 5.91 Å². The van der Waals surface area contributed by atoms with Gasteiger partial charge in [-0.2, -0.15) is 0 Å². The van der Waals surface area contributed by atoms with Crippen molar-refractivity contribution in [2.75, 3.05) is 12.4 Å². The monoisotopic (exact) mass is 393 g/mol. The van der Waals surface area contributed by atoms with Gasteiger partial charge in [0.25, 0.3) is 0 Å². The van der Waals surface area contributed by atoms with E-state index < -0.39 is 5.97 Å². The molecule has 0 saturated carbocycles. The van der Waals surface area contributed by atoms with Crippen LogP contribution in [0.2, 0.25) is 5.02 Å². The lowest BCUT2D eigenvalue weighted by molar-refractivity contribution is -0.111. The second-order valence-electron chi connectivity index (χ2n) is 4.56. The highest BCUT2D eigenvalue weighted by atomic mass is 79.9. The summed E-state index contributed by atoms with van der Waals surface area (Å²) in [6.07, 6.45) is 3.06. The average molecular weight is 395 g/mol. The van der Waals surface area contributed by atoms with E-state index in [0.29, 0.717) is 10.7 Å². The van der Waals surface area contributed by atoms with Crippen molar-refractivity contribution >= 4 is 51.2 Å². The van der Waals surface area contributed by atoms with Crippen molar-refractivity contribution in [2.45, 2.75) is 0 Å². The number of ether oxygens (including phenoxy) is 1. The van der Waals surface area contributed by atoms with Crippen LogP contribution in [0.3, 0.4) is 0 Å². The number of halogens is 2. The summed E-state index contributed by atoms with van der Waals surface area (Å²) in [7, 11) is 1.27. The fraction of sp³-hybridized carbons (Fsp3) is 0.0588. The maximum absolute atomic E-state index is 12.0. The molecule has 0 heterocycles. The maximum atomic E-state index is 12.0. The first-order valence-electron chi connectivity index (χ1n) is 6.62. The van der Waals surface area contributed by atoms with Gasteiger partial charge in [0.05, 0.1) is 18.4 Å². The minimum absolute atomic E-state index is 0.198. The molecule has 0 aliphatic rings. The van der Waals surface area contributed by atoms with Gasteiger partial charge in [-0.25, -0.2) is 4.79 Å². The Labute approximate surface area is 147 Å². The molecule has 0 atom stereocenters. The van der Waals surface area contributed by atoms with Crippen LogP contribution in [0.5, 0.6) is 0 Å². The van der Waals surface area contributed by atoms with Crippen LogP contribution in [0, 0.1) is 0 Å². The molecule has 0 bridgehead atoms. The molecule has 23 heavy (non-hydrogen) atoms. The van der Waals surface area contributed by atoms with E-state index in [1.165, 1.54) is 19.3 Å². The summed E-state index contributed by atoms with van der Waals surface area (Å²) in [4.78, 5) is 23.8. The fourth-order valence-corrected chi connectivity index (χ4v) is 2.45. The number of methoxy groups -OCH3 is 1. The number of carbonyl (C=O) groups is 2. The number of hydrogen-bond acceptors (Lipinski definition) is 3. The van der Waals surface area contributed by atoms with E-state index in [0.717, 1.165) is 10.0 Å². The van der Waals surface area contributed by atoms with Gasteiger partial charge in [-0.05, 0) is 42.0 Å². The van der Waals surface area contributed by atoms with Crippen molar-refractivity contribution in [2.24, 2.45) is 0 Å². The Morgan fingerprint density at radius 3 is 2.70 bits per heavy atom. The molecule has 2 aromatic rings. The summed E-state index contributed by atoms with van der Waals surface area (Å²) in [5, 5.41) is 3.02. The van der Waals surface area contributed by atoms with Gasteiger partial charge in [-0.3, -0.25) is 4.79 Å². The molecule has 0 aliphatic carbocycles. The summed E-state index contributed by atoms with van der Waals surface area (Å²) in [6.45, 7) is 0. The first-order valence-corrected chi connectivity index (χ1v) is 7.79. The molecule has 1 amide bonds. The molecule has 0 spiro atoms. The molecule has 2 aromatic carbocycles. The second kappa shape index (κ2) is 7.94. The van der Waals surface area contributed by atoms with E-state index >= 15 is 0 Å². The first kappa shape index (κ1) is 17.2. The Kier molecular flexibility index (Phi) is 5.96. The third-order valence-electron chi connectivity index (χ3n) is 2.92. The summed E-state index contributed by atoms with van der Waals surface area (Å²) in [5.41, 5.74) is 1.41. The van der Waals surface area contributed by atoms with E-state index in [1.54, 1.807) is 18.2 Å². The lowest BCUT2D eigenvalue weighted by Crippen LogP contribution is -2.13. The third-order valence-corrected chi connectivity index (χ3v) is 3.65. The van der Waals surface area contributed by atoms with Gasteiger partial charge in [-0.1, -0.05) is 39.7 Å². The number of hydrogen-bond donors (Lipinski definition) is 1. The van der Waals surface area contributed by atoms with Gasteiger partial charge in [-0.15, -0.1) is 0 Å². The summed E-state index contributed by atoms with van der Waals surface area (Å²) in [5.74, 6) is -0.934. The molecule has 118 valence electrons. The van der Waals surface area contributed by atoms with Gasteiger partial charge < -0.3 is 10.1 Å². The van der Waals surface area contributed by atoms with Crippen LogP contribution in [-0.4, -0.2) is 19.0 Å². The predicted molar refractivity (Wildman–Crippen MR) is 94.6 cm³/mol. The van der Waals surface area contributed by atoms with Crippen molar-refractivity contribution < 1.29 is 14.3 Å². The quantitative estimate of drug-likeness (QED) is 0.612. The molecule has 0 aliphatic heterocycles. The van der Waals surface area contributed by atoms with E-state index in [2.05, 4.69) is 26.0 Å². The van der Waals surface area contributed by atoms with Crippen LogP contribution in [0.1, 0.15) is 15.9 Å². The number of esters is 1. The Hall–Kier alpha value is -2.11. The largest absolute Gasteiger partial charge is 0.465 e. The molecule has 0 radical (unpaired) electrons. The van der Waals surface area contributed by atoms with Crippen molar-refractivity contribution in [1.29, 1.82) is 0 Å². The lowest BCUT2D eigenvalue weighted by Gasteiger charge is -2.08. The summed E-state index contributed by atoms with van der Waals surface area (Å²) < 4.78 is 5.61. The van der Waals surface area contributed by atoms with Crippen LogP contribution >= 0.6 is 27.5 Å². The highest BCUT2D eigenvalue weighted by Crippen LogP contribution is 2.21. The zero-order valence-corrected chi connectivity index (χ0v) is 14.5. The zero-order chi connectivity index (χ0) is 16.8. The topological polar surface area (TPSA) is 55.4 Å². The number of rotatable bonds is 4. The van der Waals surface area contributed by atoms with E-state index in [-0.39, 0.29) is 11.5 Å². The highest BCUT2D eigenvalue weighted by Gasteiger charge is 2.13. The lowest BCUT2D eigenvalue weighted by atomic mass is 10.1. The standard InChI is InChI=1S/C17H13BrClNO3/c1-23-17(22)14-10-13(19)6-7-15(14)20-16(21)8-5-11-3-2-4-12(18)9-11/h2-10H,1H3,(H,20,21)/b8-5+. The second-order valence-corrected chi connectivity index (χ2v) is 5.91. The molecular formula is C17H13BrClNO3. The normalized spacial score (nSPS) is 10.6. The Balaban J connectivity index is 2.16. The van der Waals surface area contributed by atoms with Crippen LogP contribution in [0.15, 0.2) is 53.0 Å². The molecule has 0 unspecified atom stereocenters. The Bertz CT molecular complexity index is 774. The number of anilines is 1. The van der Waals surface area contributed by atoms with E-state index in [1.807, 2.05) is 24.3 Å². The SMILES string of the molecule is COC(=O)c1cc(Cl)ccc1NC(=O)/C=C/c1cccc(Br)c1. The van der Waals surface area contributed by atoms with Crippen molar-refractivity contribution in [3.8, 4) is 0 Å². The molecule has 2 rings (SSSR count). The first-order chi connectivity index (χ1) is 11.0. The molecule has 1 N–H and O–H groups in total. The average Bonchev–Trinajstić information content (AvgIpc) is 2.54. The van der Waals surface area contributed by atoms with Gasteiger partial charge >= 0.3 is 5.97 Å². The smallest absolute Gasteiger partial charge is 0.340 e. The van der Waals surface area contributed by atoms with Crippen molar-refractivity contribution in [3.63, 3.8) is 0 Å². The molecule has 0 saturated heterocycles. The molecule has 0 aromatic heterocycles. The highest BCUT2D eigenvalue weighted by molar-refractivity contribution is 9.10. The number of nitrogens with one attached hydrogen (secondary N) is 1. The van der Waals surface area contributed by atoms with Crippen LogP contribution in [0.25, 0.3) is 6.08 Å². The molecular weight excluding hydrogens is 382 g/mol. The Morgan fingerprint density at radius 2 is 2.00 bits per heavy atom. The molecule has 4 nitrogen and oxygen atoms in total. The van der Waals surface area contributed by atoms with Crippen molar-refractivity contribution in [1.82, 2.24) is 0 Å². The van der Waals surface area contributed by atoms with Crippen LogP contribution in [0.4, 0.5) is 5.69 Å². The van der Waals surface area contributed by atoms with E-state index in [4.69, 9.17) is 11.6 Å². The number of amides is 1. The van der Waals surface area contributed by atoms with Crippen LogP contribution < -0.4 is 5.32 Å². The molecule has 0 fully saturated rings. The minimum Gasteiger partial charge on any atom is -0.465 e. The predicted octanol–water partition coefficient (Wildman–Crippen LogP) is 4.54. The van der Waals surface area contributed by atoms with Gasteiger partial charge in [0.1, 0.15) is 0 Å². The zero-order valence-electron chi connectivity index (χ0n) is 12.2. The van der Waals surface area contributed by atoms with Gasteiger partial charge in [0.15, 0.2) is 0 Å². The third kappa shape index (κ3) is 4.94. The fourth-order valence-electron chi connectivity index (χ4n) is 1.86.